The van der Waals surface area contributed by atoms with Gasteiger partial charge in [0.05, 0.1) is 0 Å². The van der Waals surface area contributed by atoms with Crippen molar-refractivity contribution < 1.29 is 9.90 Å². The van der Waals surface area contributed by atoms with E-state index in [1.165, 1.54) is 5.56 Å². The number of nitrogens with zero attached hydrogens (tertiary/aromatic N) is 3. The summed E-state index contributed by atoms with van der Waals surface area (Å²) in [5, 5.41) is 9.69. The number of hydrogen-bond acceptors (Lipinski definition) is 5. The fourth-order valence-electron chi connectivity index (χ4n) is 4.40. The highest BCUT2D eigenvalue weighted by molar-refractivity contribution is 6.09. The number of rotatable bonds is 3. The molecule has 0 amide bonds. The molecule has 1 spiro atoms. The molecule has 5 rings (SSSR count). The summed E-state index contributed by atoms with van der Waals surface area (Å²) >= 11 is 0. The van der Waals surface area contributed by atoms with Crippen molar-refractivity contribution in [1.29, 1.82) is 0 Å². The number of carbonyl (C=O) groups is 1. The molecule has 2 aromatic rings. The van der Waals surface area contributed by atoms with Gasteiger partial charge in [0.25, 0.3) is 0 Å². The quantitative estimate of drug-likeness (QED) is 0.841. The Morgan fingerprint density at radius 2 is 1.58 bits per heavy atom. The van der Waals surface area contributed by atoms with Crippen LogP contribution in [0.1, 0.15) is 11.1 Å². The fourth-order valence-corrected chi connectivity index (χ4v) is 4.40. The van der Waals surface area contributed by atoms with E-state index >= 15 is 0 Å². The predicted molar refractivity (Wildman–Crippen MR) is 123 cm³/mol. The second kappa shape index (κ2) is 8.00. The number of aromatic hydroxyl groups is 1. The van der Waals surface area contributed by atoms with Gasteiger partial charge in [0.1, 0.15) is 17.1 Å². The lowest BCUT2D eigenvalue weighted by atomic mass is 9.83. The van der Waals surface area contributed by atoms with Crippen molar-refractivity contribution >= 4 is 17.2 Å². The molecule has 1 fully saturated rings. The first-order valence-corrected chi connectivity index (χ1v) is 10.7. The highest BCUT2D eigenvalue weighted by Gasteiger charge is 2.38. The molecule has 1 aliphatic carbocycles. The minimum Gasteiger partial charge on any atom is -0.508 e. The normalized spacial score (nSPS) is 20.3. The van der Waals surface area contributed by atoms with E-state index in [0.717, 1.165) is 49.7 Å². The summed E-state index contributed by atoms with van der Waals surface area (Å²) in [7, 11) is 0. The van der Waals surface area contributed by atoms with Gasteiger partial charge in [-0.05, 0) is 59.2 Å². The average Bonchev–Trinajstić information content (AvgIpc) is 3.17. The highest BCUT2D eigenvalue weighted by Crippen LogP contribution is 2.40. The van der Waals surface area contributed by atoms with Gasteiger partial charge in [0.15, 0.2) is 5.78 Å². The molecule has 0 atom stereocenters. The molecule has 0 aromatic heterocycles. The molecule has 0 radical (unpaired) electrons. The van der Waals surface area contributed by atoms with Crippen LogP contribution in [-0.4, -0.2) is 58.2 Å². The van der Waals surface area contributed by atoms with Crippen molar-refractivity contribution in [3.05, 3.63) is 96.1 Å². The van der Waals surface area contributed by atoms with Crippen LogP contribution in [-0.2, 0) is 11.3 Å². The Hall–Kier alpha value is -3.44. The molecule has 156 valence electrons. The number of phenols is 1. The van der Waals surface area contributed by atoms with Gasteiger partial charge in [-0.25, -0.2) is 4.99 Å². The topological polar surface area (TPSA) is 56.1 Å². The molecule has 0 saturated carbocycles. The maximum absolute atomic E-state index is 11.8. The fraction of sp³-hybridized carbons (Fsp3) is 0.231. The van der Waals surface area contributed by atoms with E-state index in [-0.39, 0.29) is 11.5 Å². The summed E-state index contributed by atoms with van der Waals surface area (Å²) in [4.78, 5) is 21.6. The molecule has 5 heteroatoms. The second-order valence-electron chi connectivity index (χ2n) is 8.22. The summed E-state index contributed by atoms with van der Waals surface area (Å²) in [5.74, 6) is 1.16. The van der Waals surface area contributed by atoms with Crippen LogP contribution in [0.4, 0.5) is 0 Å². The summed E-state index contributed by atoms with van der Waals surface area (Å²) in [6.07, 6.45) is 9.08. The summed E-state index contributed by atoms with van der Waals surface area (Å²) < 4.78 is 0. The van der Waals surface area contributed by atoms with Crippen molar-refractivity contribution in [1.82, 2.24) is 9.80 Å². The number of benzene rings is 2. The first kappa shape index (κ1) is 19.5. The van der Waals surface area contributed by atoms with Gasteiger partial charge >= 0.3 is 0 Å². The van der Waals surface area contributed by atoms with Crippen molar-refractivity contribution in [2.45, 2.75) is 12.1 Å². The molecule has 2 aliphatic heterocycles. The molecular formula is C26H25N3O2. The number of phenolic OH excluding ortho intramolecular Hbond substituents is 1. The monoisotopic (exact) mass is 411 g/mol. The van der Waals surface area contributed by atoms with E-state index in [2.05, 4.69) is 46.2 Å². The van der Waals surface area contributed by atoms with Crippen molar-refractivity contribution in [2.24, 2.45) is 4.99 Å². The molecule has 0 unspecified atom stereocenters. The van der Waals surface area contributed by atoms with Crippen LogP contribution in [0.5, 0.6) is 5.75 Å². The number of hydrogen-bond donors (Lipinski definition) is 1. The molecule has 1 N–H and O–H groups in total. The zero-order chi connectivity index (χ0) is 21.3. The summed E-state index contributed by atoms with van der Waals surface area (Å²) in [6.45, 7) is 4.75. The Morgan fingerprint density at radius 3 is 2.26 bits per heavy atom. The first-order valence-electron chi connectivity index (χ1n) is 10.7. The van der Waals surface area contributed by atoms with Gasteiger partial charge in [-0.3, -0.25) is 9.69 Å². The standard InChI is InChI=1S/C26H25N3O2/c30-22-8-6-21(7-9-22)24-18-25(27-26(24)12-10-23(31)11-13-26)29-16-14-28(15-17-29)19-20-4-2-1-3-5-20/h1-13,18,30H,14-17,19H2. The van der Waals surface area contributed by atoms with Gasteiger partial charge in [-0.2, -0.15) is 0 Å². The lowest BCUT2D eigenvalue weighted by molar-refractivity contribution is -0.110. The van der Waals surface area contributed by atoms with Crippen molar-refractivity contribution in [3.63, 3.8) is 0 Å². The smallest absolute Gasteiger partial charge is 0.178 e. The van der Waals surface area contributed by atoms with E-state index in [1.54, 1.807) is 24.3 Å². The molecule has 2 heterocycles. The first-order chi connectivity index (χ1) is 15.1. The van der Waals surface area contributed by atoms with E-state index < -0.39 is 5.54 Å². The minimum atomic E-state index is -0.665. The third-order valence-electron chi connectivity index (χ3n) is 6.13. The van der Waals surface area contributed by atoms with Gasteiger partial charge < -0.3 is 10.0 Å². The van der Waals surface area contributed by atoms with Crippen LogP contribution in [0.25, 0.3) is 5.57 Å². The largest absolute Gasteiger partial charge is 0.508 e. The third kappa shape index (κ3) is 3.97. The lowest BCUT2D eigenvalue weighted by Gasteiger charge is -2.35. The number of amidine groups is 1. The number of piperazine rings is 1. The zero-order valence-electron chi connectivity index (χ0n) is 17.3. The third-order valence-corrected chi connectivity index (χ3v) is 6.13. The maximum atomic E-state index is 11.8. The molecule has 5 nitrogen and oxygen atoms in total. The Bertz CT molecular complexity index is 1070. The Kier molecular flexibility index (Phi) is 5.04. The average molecular weight is 412 g/mol. The molecule has 2 aromatic carbocycles. The number of ketones is 1. The molecule has 0 bridgehead atoms. The van der Waals surface area contributed by atoms with Crippen LogP contribution >= 0.6 is 0 Å². The number of aliphatic imine (C=N–C) groups is 1. The van der Waals surface area contributed by atoms with Crippen molar-refractivity contribution in [2.75, 3.05) is 26.2 Å². The highest BCUT2D eigenvalue weighted by atomic mass is 16.3. The zero-order valence-corrected chi connectivity index (χ0v) is 17.3. The van der Waals surface area contributed by atoms with Crippen LogP contribution in [0, 0.1) is 0 Å². The van der Waals surface area contributed by atoms with Gasteiger partial charge in [0.2, 0.25) is 0 Å². The van der Waals surface area contributed by atoms with Crippen molar-refractivity contribution in [3.8, 4) is 5.75 Å². The Balaban J connectivity index is 1.36. The Morgan fingerprint density at radius 1 is 0.903 bits per heavy atom. The predicted octanol–water partition coefficient (Wildman–Crippen LogP) is 3.44. The molecule has 3 aliphatic rings. The summed E-state index contributed by atoms with van der Waals surface area (Å²) in [5.41, 5.74) is 2.68. The van der Waals surface area contributed by atoms with Crippen LogP contribution in [0.15, 0.2) is 90.0 Å². The summed E-state index contributed by atoms with van der Waals surface area (Å²) in [6, 6.07) is 17.7. The van der Waals surface area contributed by atoms with E-state index in [0.29, 0.717) is 0 Å². The van der Waals surface area contributed by atoms with Gasteiger partial charge in [-0.1, -0.05) is 42.5 Å². The molecule has 1 saturated heterocycles. The second-order valence-corrected chi connectivity index (χ2v) is 8.22. The van der Waals surface area contributed by atoms with E-state index in [9.17, 15) is 9.90 Å². The Labute approximate surface area is 182 Å². The van der Waals surface area contributed by atoms with E-state index in [1.807, 2.05) is 24.3 Å². The van der Waals surface area contributed by atoms with Crippen LogP contribution in [0.2, 0.25) is 0 Å². The van der Waals surface area contributed by atoms with Gasteiger partial charge in [0, 0.05) is 32.7 Å². The lowest BCUT2D eigenvalue weighted by Crippen LogP contribution is -2.47. The van der Waals surface area contributed by atoms with Gasteiger partial charge in [-0.15, -0.1) is 0 Å². The molecule has 31 heavy (non-hydrogen) atoms. The van der Waals surface area contributed by atoms with Crippen LogP contribution < -0.4 is 0 Å². The number of carbonyl (C=O) groups excluding carboxylic acids is 1. The van der Waals surface area contributed by atoms with E-state index in [4.69, 9.17) is 4.99 Å². The van der Waals surface area contributed by atoms with Crippen LogP contribution in [0.3, 0.4) is 0 Å². The molecular weight excluding hydrogens is 386 g/mol. The maximum Gasteiger partial charge on any atom is 0.178 e. The SMILES string of the molecule is O=C1C=CC2(C=C1)N=C(N1CCN(Cc3ccccc3)CC1)C=C2c1ccc(O)cc1. The number of allylic oxidation sites excluding steroid dienone is 2. The minimum absolute atomic E-state index is 0.0196.